The van der Waals surface area contributed by atoms with E-state index < -0.39 is 0 Å². The Kier molecular flexibility index (Phi) is 4.02. The minimum Gasteiger partial charge on any atom is -0.354 e. The number of carbonyl (C=O) groups is 1. The largest absolute Gasteiger partial charge is 0.354 e. The average molecular weight is 351 g/mol. The van der Waals surface area contributed by atoms with Gasteiger partial charge in [0.05, 0.1) is 11.1 Å². The minimum atomic E-state index is -0.00332. The van der Waals surface area contributed by atoms with Crippen LogP contribution in [0.25, 0.3) is 22.6 Å². The first-order valence-corrected chi connectivity index (χ1v) is 8.67. The third kappa shape index (κ3) is 2.87. The number of rotatable bonds is 3. The highest BCUT2D eigenvalue weighted by molar-refractivity contribution is 5.91. The number of hydrogen-bond donors (Lipinski definition) is 1. The van der Waals surface area contributed by atoms with E-state index in [0.717, 1.165) is 47.7 Å². The van der Waals surface area contributed by atoms with Crippen LogP contribution in [0.1, 0.15) is 19.0 Å². The molecule has 0 bridgehead atoms. The monoisotopic (exact) mass is 351 g/mol. The molecule has 0 spiro atoms. The van der Waals surface area contributed by atoms with Crippen LogP contribution in [0.3, 0.4) is 0 Å². The zero-order valence-corrected chi connectivity index (χ0v) is 15.1. The van der Waals surface area contributed by atoms with Gasteiger partial charge >= 0.3 is 0 Å². The van der Waals surface area contributed by atoms with E-state index in [-0.39, 0.29) is 11.9 Å². The molecule has 1 aliphatic rings. The summed E-state index contributed by atoms with van der Waals surface area (Å²) in [5, 5.41) is 8.47. The van der Waals surface area contributed by atoms with Crippen molar-refractivity contribution in [3.05, 3.63) is 30.1 Å². The van der Waals surface area contributed by atoms with Gasteiger partial charge in [-0.2, -0.15) is 5.10 Å². The van der Waals surface area contributed by atoms with Gasteiger partial charge in [-0.15, -0.1) is 0 Å². The van der Waals surface area contributed by atoms with Crippen LogP contribution < -0.4 is 10.2 Å². The Labute approximate surface area is 151 Å². The lowest BCUT2D eigenvalue weighted by Gasteiger charge is -2.19. The van der Waals surface area contributed by atoms with Crippen LogP contribution in [-0.4, -0.2) is 49.8 Å². The summed E-state index contributed by atoms with van der Waals surface area (Å²) < 4.78 is 1.78. The van der Waals surface area contributed by atoms with E-state index in [2.05, 4.69) is 20.3 Å². The number of hydrogen-bond acceptors (Lipinski definition) is 6. The molecule has 26 heavy (non-hydrogen) atoms. The number of carbonyl (C=O) groups excluding carboxylic acids is 1. The van der Waals surface area contributed by atoms with Crippen LogP contribution >= 0.6 is 0 Å². The molecule has 0 radical (unpaired) electrons. The maximum atomic E-state index is 11.4. The smallest absolute Gasteiger partial charge is 0.217 e. The zero-order chi connectivity index (χ0) is 18.3. The minimum absolute atomic E-state index is 0.00332. The highest BCUT2D eigenvalue weighted by atomic mass is 16.1. The van der Waals surface area contributed by atoms with Crippen molar-refractivity contribution in [1.82, 2.24) is 30.0 Å². The molecule has 0 saturated carbocycles. The van der Waals surface area contributed by atoms with Crippen molar-refractivity contribution in [2.24, 2.45) is 7.05 Å². The Morgan fingerprint density at radius 1 is 1.31 bits per heavy atom. The number of anilines is 1. The molecular weight excluding hydrogens is 330 g/mol. The van der Waals surface area contributed by atoms with E-state index in [1.54, 1.807) is 17.8 Å². The molecule has 1 fully saturated rings. The van der Waals surface area contributed by atoms with Crippen LogP contribution in [0.15, 0.2) is 24.4 Å². The molecule has 4 rings (SSSR count). The highest BCUT2D eigenvalue weighted by Crippen LogP contribution is 2.31. The number of nitrogens with one attached hydrogen (secondary N) is 1. The molecule has 134 valence electrons. The first-order chi connectivity index (χ1) is 12.5. The SMILES string of the molecule is CC(=O)N[C@H]1CCN(c2nc(-c3ccccn3)nc3c2c(C)nn3C)C1. The molecule has 1 amide bonds. The van der Waals surface area contributed by atoms with Gasteiger partial charge in [0.25, 0.3) is 0 Å². The predicted molar refractivity (Wildman–Crippen MR) is 98.7 cm³/mol. The second-order valence-electron chi connectivity index (χ2n) is 6.63. The van der Waals surface area contributed by atoms with Gasteiger partial charge in [0, 0.05) is 39.3 Å². The van der Waals surface area contributed by atoms with Crippen LogP contribution in [0.4, 0.5) is 5.82 Å². The van der Waals surface area contributed by atoms with Crippen molar-refractivity contribution in [2.45, 2.75) is 26.3 Å². The van der Waals surface area contributed by atoms with Crippen molar-refractivity contribution in [1.29, 1.82) is 0 Å². The summed E-state index contributed by atoms with van der Waals surface area (Å²) in [4.78, 5) is 27.5. The maximum absolute atomic E-state index is 11.4. The number of aryl methyl sites for hydroxylation is 2. The average Bonchev–Trinajstić information content (AvgIpc) is 3.19. The summed E-state index contributed by atoms with van der Waals surface area (Å²) in [6, 6.07) is 5.83. The summed E-state index contributed by atoms with van der Waals surface area (Å²) >= 11 is 0. The van der Waals surface area contributed by atoms with Crippen LogP contribution in [0.5, 0.6) is 0 Å². The Balaban J connectivity index is 1.81. The number of amides is 1. The number of aromatic nitrogens is 5. The van der Waals surface area contributed by atoms with E-state index in [1.807, 2.05) is 32.2 Å². The first kappa shape index (κ1) is 16.4. The fourth-order valence-electron chi connectivity index (χ4n) is 3.51. The maximum Gasteiger partial charge on any atom is 0.217 e. The predicted octanol–water partition coefficient (Wildman–Crippen LogP) is 1.45. The van der Waals surface area contributed by atoms with Gasteiger partial charge in [-0.3, -0.25) is 14.5 Å². The van der Waals surface area contributed by atoms with Crippen molar-refractivity contribution in [2.75, 3.05) is 18.0 Å². The second-order valence-corrected chi connectivity index (χ2v) is 6.63. The first-order valence-electron chi connectivity index (χ1n) is 8.67. The molecule has 1 atom stereocenters. The Morgan fingerprint density at radius 3 is 2.88 bits per heavy atom. The van der Waals surface area contributed by atoms with Crippen molar-refractivity contribution < 1.29 is 4.79 Å². The van der Waals surface area contributed by atoms with Gasteiger partial charge in [-0.25, -0.2) is 9.97 Å². The van der Waals surface area contributed by atoms with Gasteiger partial charge in [0.2, 0.25) is 5.91 Å². The van der Waals surface area contributed by atoms with Crippen LogP contribution in [-0.2, 0) is 11.8 Å². The summed E-state index contributed by atoms with van der Waals surface area (Å²) in [7, 11) is 1.89. The molecule has 0 aromatic carbocycles. The van der Waals surface area contributed by atoms with Crippen molar-refractivity contribution >= 4 is 22.8 Å². The van der Waals surface area contributed by atoms with Gasteiger partial charge in [-0.05, 0) is 25.5 Å². The van der Waals surface area contributed by atoms with Gasteiger partial charge < -0.3 is 10.2 Å². The lowest BCUT2D eigenvalue weighted by Crippen LogP contribution is -2.35. The third-order valence-electron chi connectivity index (χ3n) is 4.63. The topological polar surface area (TPSA) is 88.8 Å². The standard InChI is InChI=1S/C18H21N7O/c1-11-15-17(24(3)23-11)21-16(14-6-4-5-8-19-14)22-18(15)25-9-7-13(10-25)20-12(2)26/h4-6,8,13H,7,9-10H2,1-3H3,(H,20,26)/t13-/m0/s1. The van der Waals surface area contributed by atoms with Crippen molar-refractivity contribution in [3.63, 3.8) is 0 Å². The molecule has 3 aromatic heterocycles. The fourth-order valence-corrected chi connectivity index (χ4v) is 3.51. The molecule has 3 aromatic rings. The molecule has 0 aliphatic carbocycles. The molecule has 8 heteroatoms. The molecule has 1 N–H and O–H groups in total. The van der Waals surface area contributed by atoms with Crippen molar-refractivity contribution in [3.8, 4) is 11.5 Å². The Morgan fingerprint density at radius 2 is 2.15 bits per heavy atom. The highest BCUT2D eigenvalue weighted by Gasteiger charge is 2.28. The molecule has 1 aliphatic heterocycles. The molecular formula is C18H21N7O. The fraction of sp³-hybridized carbons (Fsp3) is 0.389. The molecule has 1 saturated heterocycles. The van der Waals surface area contributed by atoms with Gasteiger partial charge in [0.15, 0.2) is 11.5 Å². The van der Waals surface area contributed by atoms with E-state index in [1.165, 1.54) is 0 Å². The third-order valence-corrected chi connectivity index (χ3v) is 4.63. The molecule has 8 nitrogen and oxygen atoms in total. The van der Waals surface area contributed by atoms with E-state index in [9.17, 15) is 4.79 Å². The Hall–Kier alpha value is -3.03. The van der Waals surface area contributed by atoms with Crippen LogP contribution in [0.2, 0.25) is 0 Å². The lowest BCUT2D eigenvalue weighted by atomic mass is 10.2. The summed E-state index contributed by atoms with van der Waals surface area (Å²) in [5.41, 5.74) is 2.41. The number of nitrogens with zero attached hydrogens (tertiary/aromatic N) is 6. The van der Waals surface area contributed by atoms with Gasteiger partial charge in [0.1, 0.15) is 11.5 Å². The quantitative estimate of drug-likeness (QED) is 0.768. The number of fused-ring (bicyclic) bond motifs is 1. The molecule has 0 unspecified atom stereocenters. The zero-order valence-electron chi connectivity index (χ0n) is 15.1. The van der Waals surface area contributed by atoms with Crippen LogP contribution in [0, 0.1) is 6.92 Å². The number of pyridine rings is 1. The Bertz CT molecular complexity index is 967. The van der Waals surface area contributed by atoms with Gasteiger partial charge in [-0.1, -0.05) is 6.07 Å². The van der Waals surface area contributed by atoms with E-state index in [0.29, 0.717) is 5.82 Å². The summed E-state index contributed by atoms with van der Waals surface area (Å²) in [6.45, 7) is 5.07. The van der Waals surface area contributed by atoms with E-state index in [4.69, 9.17) is 9.97 Å². The van der Waals surface area contributed by atoms with E-state index >= 15 is 0 Å². The lowest BCUT2D eigenvalue weighted by molar-refractivity contribution is -0.119. The second kappa shape index (κ2) is 6.36. The summed E-state index contributed by atoms with van der Waals surface area (Å²) in [5.74, 6) is 1.43. The normalized spacial score (nSPS) is 17.0. The molecule has 4 heterocycles. The summed E-state index contributed by atoms with van der Waals surface area (Å²) in [6.07, 6.45) is 2.63.